The van der Waals surface area contributed by atoms with Crippen molar-refractivity contribution in [1.29, 1.82) is 0 Å². The molecule has 0 fully saturated rings. The van der Waals surface area contributed by atoms with E-state index in [0.717, 1.165) is 30.2 Å². The Morgan fingerprint density at radius 2 is 2.21 bits per heavy atom. The van der Waals surface area contributed by atoms with Gasteiger partial charge in [-0.15, -0.1) is 12.3 Å². The van der Waals surface area contributed by atoms with E-state index < -0.39 is 0 Å². The van der Waals surface area contributed by atoms with Gasteiger partial charge in [0, 0.05) is 30.1 Å². The molecule has 1 amide bonds. The minimum absolute atomic E-state index is 0.0496. The van der Waals surface area contributed by atoms with Crippen LogP contribution in [0.1, 0.15) is 29.6 Å². The smallest absolute Gasteiger partial charge is 0.251 e. The fraction of sp³-hybridized carbons (Fsp3) is 0.250. The molecule has 19 heavy (non-hydrogen) atoms. The maximum Gasteiger partial charge on any atom is 0.251 e. The molecule has 0 aliphatic carbocycles. The van der Waals surface area contributed by atoms with Crippen LogP contribution in [0.4, 0.5) is 0 Å². The number of nitrogens with one attached hydrogen (secondary N) is 1. The molecule has 96 valence electrons. The summed E-state index contributed by atoms with van der Waals surface area (Å²) in [7, 11) is 0. The minimum Gasteiger partial charge on any atom is -0.352 e. The summed E-state index contributed by atoms with van der Waals surface area (Å²) in [5, 5.41) is 3.87. The van der Waals surface area contributed by atoms with Gasteiger partial charge in [0.2, 0.25) is 0 Å². The van der Waals surface area contributed by atoms with Crippen LogP contribution in [0.3, 0.4) is 0 Å². The predicted octanol–water partition coefficient (Wildman–Crippen LogP) is 2.77. The van der Waals surface area contributed by atoms with Gasteiger partial charge in [-0.1, -0.05) is 6.07 Å². The number of aromatic nitrogens is 1. The molecule has 0 saturated carbocycles. The van der Waals surface area contributed by atoms with E-state index in [9.17, 15) is 4.79 Å². The van der Waals surface area contributed by atoms with Crippen LogP contribution in [-0.2, 0) is 0 Å². The third-order valence-corrected chi connectivity index (χ3v) is 2.90. The lowest BCUT2D eigenvalue weighted by atomic mass is 10.1. The van der Waals surface area contributed by atoms with E-state index in [2.05, 4.69) is 16.2 Å². The van der Waals surface area contributed by atoms with Crippen molar-refractivity contribution in [2.45, 2.75) is 19.3 Å². The van der Waals surface area contributed by atoms with Crippen LogP contribution in [-0.4, -0.2) is 17.4 Å². The second-order valence-corrected chi connectivity index (χ2v) is 4.33. The highest BCUT2D eigenvalue weighted by molar-refractivity contribution is 5.97. The van der Waals surface area contributed by atoms with Gasteiger partial charge in [0.15, 0.2) is 0 Å². The zero-order chi connectivity index (χ0) is 13.5. The maximum atomic E-state index is 11.9. The standard InChI is InChI=1S/C16H16N2O/c1-2-3-4-5-10-18-16(19)14-8-9-15-13(12-14)7-6-11-17-15/h1,6-9,11-12H,3-5,10H2,(H,18,19). The van der Waals surface area contributed by atoms with E-state index >= 15 is 0 Å². The predicted molar refractivity (Wildman–Crippen MR) is 76.8 cm³/mol. The van der Waals surface area contributed by atoms with Gasteiger partial charge in [-0.2, -0.15) is 0 Å². The number of benzene rings is 1. The minimum atomic E-state index is -0.0496. The van der Waals surface area contributed by atoms with Gasteiger partial charge in [-0.3, -0.25) is 9.78 Å². The van der Waals surface area contributed by atoms with Crippen molar-refractivity contribution in [2.24, 2.45) is 0 Å². The zero-order valence-electron chi connectivity index (χ0n) is 10.7. The zero-order valence-corrected chi connectivity index (χ0v) is 10.7. The van der Waals surface area contributed by atoms with Crippen LogP contribution < -0.4 is 5.32 Å². The third-order valence-electron chi connectivity index (χ3n) is 2.90. The molecule has 0 saturated heterocycles. The largest absolute Gasteiger partial charge is 0.352 e. The van der Waals surface area contributed by atoms with Gasteiger partial charge < -0.3 is 5.32 Å². The highest BCUT2D eigenvalue weighted by Crippen LogP contribution is 2.13. The molecule has 1 aromatic carbocycles. The van der Waals surface area contributed by atoms with E-state index in [1.165, 1.54) is 0 Å². The Balaban J connectivity index is 1.96. The lowest BCUT2D eigenvalue weighted by molar-refractivity contribution is 0.0953. The first-order chi connectivity index (χ1) is 9.31. The lowest BCUT2D eigenvalue weighted by Gasteiger charge is -2.05. The molecule has 1 heterocycles. The van der Waals surface area contributed by atoms with Crippen LogP contribution in [0.5, 0.6) is 0 Å². The highest BCUT2D eigenvalue weighted by Gasteiger charge is 2.05. The normalized spacial score (nSPS) is 10.1. The molecule has 0 aliphatic heterocycles. The fourth-order valence-electron chi connectivity index (χ4n) is 1.87. The van der Waals surface area contributed by atoms with Crippen LogP contribution in [0.25, 0.3) is 10.9 Å². The molecule has 0 spiro atoms. The van der Waals surface area contributed by atoms with Crippen molar-refractivity contribution in [1.82, 2.24) is 10.3 Å². The Hall–Kier alpha value is -2.34. The van der Waals surface area contributed by atoms with Gasteiger partial charge >= 0.3 is 0 Å². The number of hydrogen-bond acceptors (Lipinski definition) is 2. The Morgan fingerprint density at radius 3 is 3.05 bits per heavy atom. The molecule has 0 atom stereocenters. The summed E-state index contributed by atoms with van der Waals surface area (Å²) >= 11 is 0. The summed E-state index contributed by atoms with van der Waals surface area (Å²) in [5.74, 6) is 2.54. The van der Waals surface area contributed by atoms with Crippen LogP contribution >= 0.6 is 0 Å². The summed E-state index contributed by atoms with van der Waals surface area (Å²) < 4.78 is 0. The Bertz CT molecular complexity index is 613. The van der Waals surface area contributed by atoms with Crippen LogP contribution in [0.15, 0.2) is 36.5 Å². The van der Waals surface area contributed by atoms with Crippen molar-refractivity contribution < 1.29 is 4.79 Å². The number of amides is 1. The number of terminal acetylenes is 1. The summed E-state index contributed by atoms with van der Waals surface area (Å²) in [6.07, 6.45) is 9.53. The molecule has 1 aromatic heterocycles. The van der Waals surface area contributed by atoms with Gasteiger partial charge in [0.25, 0.3) is 5.91 Å². The first kappa shape index (κ1) is 13.1. The van der Waals surface area contributed by atoms with E-state index in [1.807, 2.05) is 24.3 Å². The number of rotatable bonds is 5. The van der Waals surface area contributed by atoms with Crippen LogP contribution in [0, 0.1) is 12.3 Å². The number of nitrogens with zero attached hydrogens (tertiary/aromatic N) is 1. The van der Waals surface area contributed by atoms with Crippen molar-refractivity contribution in [3.05, 3.63) is 42.1 Å². The summed E-state index contributed by atoms with van der Waals surface area (Å²) in [4.78, 5) is 16.2. The van der Waals surface area contributed by atoms with E-state index in [0.29, 0.717) is 12.1 Å². The Labute approximate surface area is 113 Å². The van der Waals surface area contributed by atoms with Gasteiger partial charge in [0.1, 0.15) is 0 Å². The lowest BCUT2D eigenvalue weighted by Crippen LogP contribution is -2.24. The Morgan fingerprint density at radius 1 is 1.32 bits per heavy atom. The molecule has 1 N–H and O–H groups in total. The first-order valence-corrected chi connectivity index (χ1v) is 6.38. The molecule has 0 unspecified atom stereocenters. The molecule has 0 bridgehead atoms. The number of hydrogen-bond donors (Lipinski definition) is 1. The molecule has 2 aromatic rings. The molecular weight excluding hydrogens is 236 g/mol. The number of pyridine rings is 1. The molecule has 2 rings (SSSR count). The average molecular weight is 252 g/mol. The highest BCUT2D eigenvalue weighted by atomic mass is 16.1. The molecule has 3 heteroatoms. The van der Waals surface area contributed by atoms with Crippen molar-refractivity contribution in [2.75, 3.05) is 6.54 Å². The van der Waals surface area contributed by atoms with Gasteiger partial charge in [-0.05, 0) is 37.1 Å². The van der Waals surface area contributed by atoms with E-state index in [1.54, 1.807) is 12.3 Å². The molecular formula is C16H16N2O. The van der Waals surface area contributed by atoms with Crippen molar-refractivity contribution >= 4 is 16.8 Å². The van der Waals surface area contributed by atoms with Crippen molar-refractivity contribution in [3.8, 4) is 12.3 Å². The molecule has 3 nitrogen and oxygen atoms in total. The SMILES string of the molecule is C#CCCCCNC(=O)c1ccc2ncccc2c1. The van der Waals surface area contributed by atoms with Gasteiger partial charge in [0.05, 0.1) is 5.52 Å². The summed E-state index contributed by atoms with van der Waals surface area (Å²) in [6, 6.07) is 9.34. The monoisotopic (exact) mass is 252 g/mol. The average Bonchev–Trinajstić information content (AvgIpc) is 2.46. The second kappa shape index (κ2) is 6.55. The quantitative estimate of drug-likeness (QED) is 0.656. The van der Waals surface area contributed by atoms with Crippen molar-refractivity contribution in [3.63, 3.8) is 0 Å². The molecule has 0 radical (unpaired) electrons. The third kappa shape index (κ3) is 3.56. The Kier molecular flexibility index (Phi) is 4.52. The van der Waals surface area contributed by atoms with E-state index in [-0.39, 0.29) is 5.91 Å². The number of carbonyl (C=O) groups is 1. The second-order valence-electron chi connectivity index (χ2n) is 4.33. The summed E-state index contributed by atoms with van der Waals surface area (Å²) in [5.41, 5.74) is 1.56. The van der Waals surface area contributed by atoms with E-state index in [4.69, 9.17) is 6.42 Å². The number of fused-ring (bicyclic) bond motifs is 1. The maximum absolute atomic E-state index is 11.9. The number of carbonyl (C=O) groups excluding carboxylic acids is 1. The van der Waals surface area contributed by atoms with Crippen LogP contribution in [0.2, 0.25) is 0 Å². The molecule has 0 aliphatic rings. The summed E-state index contributed by atoms with van der Waals surface area (Å²) in [6.45, 7) is 0.658. The fourth-order valence-corrected chi connectivity index (χ4v) is 1.87. The first-order valence-electron chi connectivity index (χ1n) is 6.38. The number of unbranched alkanes of at least 4 members (excludes halogenated alkanes) is 2. The van der Waals surface area contributed by atoms with Gasteiger partial charge in [-0.25, -0.2) is 0 Å². The topological polar surface area (TPSA) is 42.0 Å².